The third-order valence-corrected chi connectivity index (χ3v) is 4.92. The molecule has 1 aliphatic heterocycles. The van der Waals surface area contributed by atoms with Gasteiger partial charge in [0.15, 0.2) is 6.10 Å². The van der Waals surface area contributed by atoms with Crippen molar-refractivity contribution in [1.29, 1.82) is 0 Å². The van der Waals surface area contributed by atoms with Gasteiger partial charge in [-0.3, -0.25) is 9.59 Å². The van der Waals surface area contributed by atoms with Crippen LogP contribution in [0.2, 0.25) is 5.02 Å². The molecule has 1 unspecified atom stereocenters. The van der Waals surface area contributed by atoms with Crippen LogP contribution in [0.25, 0.3) is 0 Å². The van der Waals surface area contributed by atoms with E-state index in [1.54, 1.807) is 55.5 Å². The molecule has 0 bridgehead atoms. The van der Waals surface area contributed by atoms with Crippen LogP contribution >= 0.6 is 11.6 Å². The summed E-state index contributed by atoms with van der Waals surface area (Å²) in [7, 11) is 2.05. The second-order valence-corrected chi connectivity index (χ2v) is 7.32. The predicted molar refractivity (Wildman–Crippen MR) is 110 cm³/mol. The molecule has 3 rings (SSSR count). The number of ether oxygens (including phenoxy) is 1. The summed E-state index contributed by atoms with van der Waals surface area (Å²) in [5, 5.41) is 3.41. The molecule has 0 aromatic heterocycles. The van der Waals surface area contributed by atoms with E-state index in [9.17, 15) is 9.59 Å². The Morgan fingerprint density at radius 2 is 1.75 bits per heavy atom. The molecule has 148 valence electrons. The van der Waals surface area contributed by atoms with Crippen molar-refractivity contribution in [2.24, 2.45) is 0 Å². The Bertz CT molecular complexity index is 833. The van der Waals surface area contributed by atoms with Crippen LogP contribution in [-0.4, -0.2) is 60.9 Å². The minimum absolute atomic E-state index is 0.0188. The Morgan fingerprint density at radius 3 is 2.43 bits per heavy atom. The van der Waals surface area contributed by atoms with Gasteiger partial charge in [0.05, 0.1) is 0 Å². The summed E-state index contributed by atoms with van der Waals surface area (Å²) in [6, 6.07) is 13.8. The number of nitrogens with zero attached hydrogens (tertiary/aromatic N) is 2. The van der Waals surface area contributed by atoms with Crippen molar-refractivity contribution in [3.05, 3.63) is 59.1 Å². The van der Waals surface area contributed by atoms with Gasteiger partial charge in [-0.25, -0.2) is 0 Å². The van der Waals surface area contributed by atoms with Gasteiger partial charge < -0.3 is 19.9 Å². The summed E-state index contributed by atoms with van der Waals surface area (Å²) in [6.45, 7) is 4.81. The number of carbonyl (C=O) groups is 2. The van der Waals surface area contributed by atoms with Crippen LogP contribution in [0.5, 0.6) is 5.75 Å². The average molecular weight is 402 g/mol. The van der Waals surface area contributed by atoms with Crippen molar-refractivity contribution in [2.75, 3.05) is 38.5 Å². The van der Waals surface area contributed by atoms with E-state index in [0.717, 1.165) is 13.1 Å². The summed E-state index contributed by atoms with van der Waals surface area (Å²) < 4.78 is 5.64. The molecule has 1 fully saturated rings. The largest absolute Gasteiger partial charge is 0.481 e. The maximum atomic E-state index is 12.7. The van der Waals surface area contributed by atoms with E-state index in [1.807, 2.05) is 11.9 Å². The topological polar surface area (TPSA) is 61.9 Å². The van der Waals surface area contributed by atoms with Crippen molar-refractivity contribution < 1.29 is 14.3 Å². The number of amides is 2. The standard InChI is InChI=1S/C21H24ClN3O3/c1-15(28-19-8-6-17(22)7-9-19)20(26)23-18-5-3-4-16(14-18)21(27)25-12-10-24(2)11-13-25/h3-9,14-15H,10-13H2,1-2H3,(H,23,26). The maximum Gasteiger partial charge on any atom is 0.265 e. The van der Waals surface area contributed by atoms with Gasteiger partial charge in [0, 0.05) is 42.5 Å². The first-order chi connectivity index (χ1) is 13.4. The number of benzene rings is 2. The van der Waals surface area contributed by atoms with E-state index >= 15 is 0 Å². The highest BCUT2D eigenvalue weighted by Crippen LogP contribution is 2.18. The minimum atomic E-state index is -0.696. The average Bonchev–Trinajstić information content (AvgIpc) is 2.70. The quantitative estimate of drug-likeness (QED) is 0.836. The molecule has 0 spiro atoms. The molecule has 2 aromatic rings. The molecule has 2 aromatic carbocycles. The summed E-state index contributed by atoms with van der Waals surface area (Å²) in [5.41, 5.74) is 1.13. The summed E-state index contributed by atoms with van der Waals surface area (Å²) in [5.74, 6) is 0.250. The monoisotopic (exact) mass is 401 g/mol. The lowest BCUT2D eigenvalue weighted by Gasteiger charge is -2.32. The van der Waals surface area contributed by atoms with Crippen molar-refractivity contribution >= 4 is 29.1 Å². The van der Waals surface area contributed by atoms with E-state index in [1.165, 1.54) is 0 Å². The molecule has 0 aliphatic carbocycles. The Kier molecular flexibility index (Phi) is 6.54. The molecular weight excluding hydrogens is 378 g/mol. The maximum absolute atomic E-state index is 12.7. The third kappa shape index (κ3) is 5.24. The number of hydrogen-bond donors (Lipinski definition) is 1. The lowest BCUT2D eigenvalue weighted by Crippen LogP contribution is -2.47. The number of piperazine rings is 1. The van der Waals surface area contributed by atoms with Gasteiger partial charge in [-0.05, 0) is 56.4 Å². The zero-order valence-electron chi connectivity index (χ0n) is 16.0. The van der Waals surface area contributed by atoms with E-state index in [2.05, 4.69) is 10.2 Å². The van der Waals surface area contributed by atoms with Crippen LogP contribution in [0, 0.1) is 0 Å². The van der Waals surface area contributed by atoms with E-state index in [0.29, 0.717) is 35.1 Å². The lowest BCUT2D eigenvalue weighted by molar-refractivity contribution is -0.122. The van der Waals surface area contributed by atoms with Crippen molar-refractivity contribution in [3.8, 4) is 5.75 Å². The molecule has 7 heteroatoms. The minimum Gasteiger partial charge on any atom is -0.481 e. The van der Waals surface area contributed by atoms with Crippen LogP contribution in [-0.2, 0) is 4.79 Å². The van der Waals surface area contributed by atoms with Crippen LogP contribution < -0.4 is 10.1 Å². The lowest BCUT2D eigenvalue weighted by atomic mass is 10.1. The van der Waals surface area contributed by atoms with Crippen LogP contribution in [0.3, 0.4) is 0 Å². The Labute approximate surface area is 170 Å². The molecule has 2 amide bonds. The third-order valence-electron chi connectivity index (χ3n) is 4.66. The second kappa shape index (κ2) is 9.08. The van der Waals surface area contributed by atoms with E-state index < -0.39 is 6.10 Å². The predicted octanol–water partition coefficient (Wildman–Crippen LogP) is 3.13. The van der Waals surface area contributed by atoms with Crippen molar-refractivity contribution in [2.45, 2.75) is 13.0 Å². The van der Waals surface area contributed by atoms with Crippen LogP contribution in [0.15, 0.2) is 48.5 Å². The summed E-state index contributed by atoms with van der Waals surface area (Å²) in [4.78, 5) is 29.2. The number of likely N-dealkylation sites (N-methyl/N-ethyl adjacent to an activating group) is 1. The zero-order chi connectivity index (χ0) is 20.1. The smallest absolute Gasteiger partial charge is 0.265 e. The molecule has 28 heavy (non-hydrogen) atoms. The number of anilines is 1. The molecule has 1 aliphatic rings. The molecule has 1 heterocycles. The molecule has 1 N–H and O–H groups in total. The molecule has 0 radical (unpaired) electrons. The number of halogens is 1. The second-order valence-electron chi connectivity index (χ2n) is 6.88. The highest BCUT2D eigenvalue weighted by molar-refractivity contribution is 6.30. The number of carbonyl (C=O) groups excluding carboxylic acids is 2. The summed E-state index contributed by atoms with van der Waals surface area (Å²) in [6.07, 6.45) is -0.696. The Hall–Kier alpha value is -2.57. The highest BCUT2D eigenvalue weighted by atomic mass is 35.5. The number of rotatable bonds is 5. The first-order valence-corrected chi connectivity index (χ1v) is 9.61. The molecule has 0 saturated carbocycles. The Balaban J connectivity index is 1.61. The Morgan fingerprint density at radius 1 is 1.07 bits per heavy atom. The van der Waals surface area contributed by atoms with E-state index in [-0.39, 0.29) is 11.8 Å². The fraction of sp³-hybridized carbons (Fsp3) is 0.333. The van der Waals surface area contributed by atoms with Gasteiger partial charge in [0.2, 0.25) is 0 Å². The van der Waals surface area contributed by atoms with Crippen molar-refractivity contribution in [1.82, 2.24) is 9.80 Å². The van der Waals surface area contributed by atoms with Gasteiger partial charge in [-0.1, -0.05) is 17.7 Å². The SMILES string of the molecule is CC(Oc1ccc(Cl)cc1)C(=O)Nc1cccc(C(=O)N2CCN(C)CC2)c1. The fourth-order valence-corrected chi connectivity index (χ4v) is 3.06. The first-order valence-electron chi connectivity index (χ1n) is 9.23. The van der Waals surface area contributed by atoms with Crippen LogP contribution in [0.4, 0.5) is 5.69 Å². The van der Waals surface area contributed by atoms with Crippen molar-refractivity contribution in [3.63, 3.8) is 0 Å². The van der Waals surface area contributed by atoms with Gasteiger partial charge in [-0.2, -0.15) is 0 Å². The number of hydrogen-bond acceptors (Lipinski definition) is 4. The normalized spacial score (nSPS) is 15.8. The van der Waals surface area contributed by atoms with Gasteiger partial charge in [0.25, 0.3) is 11.8 Å². The van der Waals surface area contributed by atoms with E-state index in [4.69, 9.17) is 16.3 Å². The molecule has 1 atom stereocenters. The molecular formula is C21H24ClN3O3. The summed E-state index contributed by atoms with van der Waals surface area (Å²) >= 11 is 5.85. The molecule has 1 saturated heterocycles. The first kappa shape index (κ1) is 20.2. The van der Waals surface area contributed by atoms with Gasteiger partial charge in [-0.15, -0.1) is 0 Å². The number of nitrogens with one attached hydrogen (secondary N) is 1. The zero-order valence-corrected chi connectivity index (χ0v) is 16.8. The van der Waals surface area contributed by atoms with Gasteiger partial charge in [0.1, 0.15) is 5.75 Å². The highest BCUT2D eigenvalue weighted by Gasteiger charge is 2.21. The van der Waals surface area contributed by atoms with Gasteiger partial charge >= 0.3 is 0 Å². The van der Waals surface area contributed by atoms with Crippen LogP contribution in [0.1, 0.15) is 17.3 Å². The molecule has 6 nitrogen and oxygen atoms in total. The fourth-order valence-electron chi connectivity index (χ4n) is 2.94.